The summed E-state index contributed by atoms with van der Waals surface area (Å²) < 4.78 is 34.2. The number of piperazine rings is 1. The third-order valence-corrected chi connectivity index (χ3v) is 5.06. The maximum absolute atomic E-state index is 12.7. The number of hydrogen-bond donors (Lipinski definition) is 0. The number of amides is 1. The zero-order valence-corrected chi connectivity index (χ0v) is 16.8. The van der Waals surface area contributed by atoms with E-state index in [4.69, 9.17) is 4.52 Å². The predicted molar refractivity (Wildman–Crippen MR) is 108 cm³/mol. The lowest BCUT2D eigenvalue weighted by Crippen LogP contribution is -2.48. The Bertz CT molecular complexity index is 988. The second-order valence-corrected chi connectivity index (χ2v) is 7.24. The van der Waals surface area contributed by atoms with Gasteiger partial charge in [0.1, 0.15) is 5.75 Å². The molecule has 0 saturated carbocycles. The fourth-order valence-corrected chi connectivity index (χ4v) is 3.47. The lowest BCUT2D eigenvalue weighted by Gasteiger charge is -2.34. The quantitative estimate of drug-likeness (QED) is 0.576. The minimum atomic E-state index is -2.89. The number of carbonyl (C=O) groups excluding carboxylic acids is 1. The molecule has 9 heteroatoms. The highest BCUT2D eigenvalue weighted by Crippen LogP contribution is 2.17. The van der Waals surface area contributed by atoms with E-state index in [1.807, 2.05) is 30.3 Å². The van der Waals surface area contributed by atoms with Gasteiger partial charge in [-0.05, 0) is 29.8 Å². The highest BCUT2D eigenvalue weighted by atomic mass is 19.3. The molecule has 0 aliphatic carbocycles. The van der Waals surface area contributed by atoms with Crippen LogP contribution in [-0.4, -0.2) is 58.6 Å². The summed E-state index contributed by atoms with van der Waals surface area (Å²) in [6, 6.07) is 15.7. The van der Waals surface area contributed by atoms with Crippen LogP contribution in [0.1, 0.15) is 27.6 Å². The second kappa shape index (κ2) is 9.65. The zero-order valence-electron chi connectivity index (χ0n) is 16.8. The minimum Gasteiger partial charge on any atom is -0.435 e. The number of ether oxygens (including phenoxy) is 1. The van der Waals surface area contributed by atoms with E-state index < -0.39 is 6.61 Å². The summed E-state index contributed by atoms with van der Waals surface area (Å²) in [6.07, 6.45) is 0.619. The van der Waals surface area contributed by atoms with Gasteiger partial charge in [0.25, 0.3) is 5.91 Å². The molecule has 0 bridgehead atoms. The van der Waals surface area contributed by atoms with Gasteiger partial charge in [0.2, 0.25) is 5.89 Å². The first-order valence-corrected chi connectivity index (χ1v) is 9.99. The normalized spacial score (nSPS) is 14.7. The van der Waals surface area contributed by atoms with Crippen molar-refractivity contribution in [3.8, 4) is 5.75 Å². The Balaban J connectivity index is 1.26. The molecule has 0 N–H and O–H groups in total. The maximum Gasteiger partial charge on any atom is 0.387 e. The van der Waals surface area contributed by atoms with Crippen molar-refractivity contribution in [1.82, 2.24) is 19.9 Å². The van der Waals surface area contributed by atoms with E-state index in [2.05, 4.69) is 19.8 Å². The molecule has 0 spiro atoms. The molecule has 1 aliphatic heterocycles. The molecular weight excluding hydrogens is 406 g/mol. The monoisotopic (exact) mass is 428 g/mol. The molecule has 0 radical (unpaired) electrons. The number of halogens is 2. The first-order valence-electron chi connectivity index (χ1n) is 9.99. The standard InChI is InChI=1S/C22H22F2N4O3/c23-22(24)30-18-8-6-17(7-9-18)21(29)28-12-10-27(11-13-28)15-20-25-19(26-31-20)14-16-4-2-1-3-5-16/h1-9,22H,10-15H2. The lowest BCUT2D eigenvalue weighted by molar-refractivity contribution is -0.0498. The van der Waals surface area contributed by atoms with E-state index >= 15 is 0 Å². The summed E-state index contributed by atoms with van der Waals surface area (Å²) in [7, 11) is 0. The largest absolute Gasteiger partial charge is 0.435 e. The molecule has 0 atom stereocenters. The topological polar surface area (TPSA) is 71.7 Å². The summed E-state index contributed by atoms with van der Waals surface area (Å²) in [6.45, 7) is 0.105. The Morgan fingerprint density at radius 2 is 1.74 bits per heavy atom. The number of alkyl halides is 2. The predicted octanol–water partition coefficient (Wildman–Crippen LogP) is 3.22. The Morgan fingerprint density at radius 1 is 1.03 bits per heavy atom. The van der Waals surface area contributed by atoms with Crippen LogP contribution < -0.4 is 4.74 Å². The van der Waals surface area contributed by atoms with Gasteiger partial charge in [-0.15, -0.1) is 0 Å². The van der Waals surface area contributed by atoms with Crippen molar-refractivity contribution < 1.29 is 22.8 Å². The van der Waals surface area contributed by atoms with E-state index in [0.717, 1.165) is 5.56 Å². The molecule has 1 fully saturated rings. The van der Waals surface area contributed by atoms with Crippen LogP contribution in [0.15, 0.2) is 59.1 Å². The summed E-state index contributed by atoms with van der Waals surface area (Å²) in [5.74, 6) is 1.10. The van der Waals surface area contributed by atoms with Crippen LogP contribution in [0.2, 0.25) is 0 Å². The van der Waals surface area contributed by atoms with Gasteiger partial charge in [-0.1, -0.05) is 35.5 Å². The molecule has 2 aromatic carbocycles. The van der Waals surface area contributed by atoms with Crippen molar-refractivity contribution in [2.24, 2.45) is 0 Å². The van der Waals surface area contributed by atoms with E-state index in [0.29, 0.717) is 56.4 Å². The number of rotatable bonds is 7. The number of hydrogen-bond acceptors (Lipinski definition) is 6. The van der Waals surface area contributed by atoms with Gasteiger partial charge in [0.05, 0.1) is 6.54 Å². The fourth-order valence-electron chi connectivity index (χ4n) is 3.47. The molecule has 2 heterocycles. The number of benzene rings is 2. The Hall–Kier alpha value is -3.33. The summed E-state index contributed by atoms with van der Waals surface area (Å²) in [5.41, 5.74) is 1.56. The van der Waals surface area contributed by atoms with Crippen LogP contribution in [0.3, 0.4) is 0 Å². The summed E-state index contributed by atoms with van der Waals surface area (Å²) in [4.78, 5) is 21.0. The summed E-state index contributed by atoms with van der Waals surface area (Å²) >= 11 is 0. The molecule has 0 unspecified atom stereocenters. The van der Waals surface area contributed by atoms with Crippen molar-refractivity contribution in [3.63, 3.8) is 0 Å². The average molecular weight is 428 g/mol. The van der Waals surface area contributed by atoms with Crippen LogP contribution in [-0.2, 0) is 13.0 Å². The Morgan fingerprint density at radius 3 is 2.42 bits per heavy atom. The molecule has 1 saturated heterocycles. The van der Waals surface area contributed by atoms with Crippen LogP contribution in [0.5, 0.6) is 5.75 Å². The van der Waals surface area contributed by atoms with Crippen LogP contribution in [0.25, 0.3) is 0 Å². The first-order chi connectivity index (χ1) is 15.1. The van der Waals surface area contributed by atoms with Gasteiger partial charge < -0.3 is 14.2 Å². The van der Waals surface area contributed by atoms with Gasteiger partial charge in [-0.3, -0.25) is 9.69 Å². The third kappa shape index (κ3) is 5.64. The summed E-state index contributed by atoms with van der Waals surface area (Å²) in [5, 5.41) is 4.05. The smallest absolute Gasteiger partial charge is 0.387 e. The molecule has 1 aromatic heterocycles. The van der Waals surface area contributed by atoms with Crippen molar-refractivity contribution in [1.29, 1.82) is 0 Å². The molecule has 4 rings (SSSR count). The number of aromatic nitrogens is 2. The maximum atomic E-state index is 12.7. The van der Waals surface area contributed by atoms with E-state index in [1.165, 1.54) is 24.3 Å². The molecule has 162 valence electrons. The molecular formula is C22H22F2N4O3. The third-order valence-electron chi connectivity index (χ3n) is 5.06. The average Bonchev–Trinajstić information content (AvgIpc) is 3.21. The van der Waals surface area contributed by atoms with Crippen molar-refractivity contribution in [3.05, 3.63) is 77.4 Å². The van der Waals surface area contributed by atoms with Crippen molar-refractivity contribution in [2.45, 2.75) is 19.6 Å². The Labute approximate surface area is 178 Å². The van der Waals surface area contributed by atoms with E-state index in [-0.39, 0.29) is 11.7 Å². The Kier molecular flexibility index (Phi) is 6.51. The van der Waals surface area contributed by atoms with Crippen LogP contribution >= 0.6 is 0 Å². The highest BCUT2D eigenvalue weighted by Gasteiger charge is 2.23. The number of nitrogens with zero attached hydrogens (tertiary/aromatic N) is 4. The SMILES string of the molecule is O=C(c1ccc(OC(F)F)cc1)N1CCN(Cc2nc(Cc3ccccc3)no2)CC1. The fraction of sp³-hybridized carbons (Fsp3) is 0.318. The van der Waals surface area contributed by atoms with E-state index in [1.54, 1.807) is 4.90 Å². The second-order valence-electron chi connectivity index (χ2n) is 7.24. The first kappa shape index (κ1) is 20.9. The van der Waals surface area contributed by atoms with Gasteiger partial charge in [0, 0.05) is 38.2 Å². The van der Waals surface area contributed by atoms with Crippen molar-refractivity contribution >= 4 is 5.91 Å². The lowest BCUT2D eigenvalue weighted by atomic mass is 10.1. The van der Waals surface area contributed by atoms with Gasteiger partial charge >= 0.3 is 6.61 Å². The molecule has 7 nitrogen and oxygen atoms in total. The van der Waals surface area contributed by atoms with Crippen LogP contribution in [0, 0.1) is 0 Å². The van der Waals surface area contributed by atoms with Crippen molar-refractivity contribution in [2.75, 3.05) is 26.2 Å². The zero-order chi connectivity index (χ0) is 21.6. The van der Waals surface area contributed by atoms with Crippen LogP contribution in [0.4, 0.5) is 8.78 Å². The van der Waals surface area contributed by atoms with Gasteiger partial charge in [0.15, 0.2) is 5.82 Å². The molecule has 1 aliphatic rings. The molecule has 3 aromatic rings. The minimum absolute atomic E-state index is 0.0301. The number of carbonyl (C=O) groups is 1. The molecule has 31 heavy (non-hydrogen) atoms. The van der Waals surface area contributed by atoms with Gasteiger partial charge in [-0.2, -0.15) is 13.8 Å². The van der Waals surface area contributed by atoms with Gasteiger partial charge in [-0.25, -0.2) is 0 Å². The highest BCUT2D eigenvalue weighted by molar-refractivity contribution is 5.94. The van der Waals surface area contributed by atoms with E-state index in [9.17, 15) is 13.6 Å². The molecule has 1 amide bonds.